The van der Waals surface area contributed by atoms with E-state index in [1.165, 1.54) is 11.3 Å². The van der Waals surface area contributed by atoms with Gasteiger partial charge < -0.3 is 15.6 Å². The fraction of sp³-hybridized carbons (Fsp3) is 0.300. The number of nitrogens with two attached hydrogens (primary N) is 1. The van der Waals surface area contributed by atoms with Crippen LogP contribution in [0.1, 0.15) is 21.3 Å². The van der Waals surface area contributed by atoms with Gasteiger partial charge in [-0.15, -0.1) is 11.3 Å². The van der Waals surface area contributed by atoms with Gasteiger partial charge in [0.15, 0.2) is 0 Å². The van der Waals surface area contributed by atoms with Crippen molar-refractivity contribution < 1.29 is 4.79 Å². The van der Waals surface area contributed by atoms with Crippen LogP contribution in [0, 0.1) is 0 Å². The molecule has 0 aliphatic carbocycles. The zero-order chi connectivity index (χ0) is 12.3. The first-order chi connectivity index (χ1) is 8.20. The smallest absolute Gasteiger partial charge is 0.271 e. The summed E-state index contributed by atoms with van der Waals surface area (Å²) < 4.78 is 1.85. The molecular formula is C10H13N5OS. The maximum Gasteiger partial charge on any atom is 0.271 e. The van der Waals surface area contributed by atoms with Gasteiger partial charge in [-0.1, -0.05) is 0 Å². The van der Waals surface area contributed by atoms with Crippen molar-refractivity contribution in [2.75, 3.05) is 0 Å². The predicted octanol–water partition coefficient (Wildman–Crippen LogP) is 0.265. The maximum absolute atomic E-state index is 11.7. The average molecular weight is 251 g/mol. The summed E-state index contributed by atoms with van der Waals surface area (Å²) >= 11 is 1.39. The van der Waals surface area contributed by atoms with Gasteiger partial charge in [-0.25, -0.2) is 9.97 Å². The highest BCUT2D eigenvalue weighted by atomic mass is 32.1. The van der Waals surface area contributed by atoms with Gasteiger partial charge in [-0.05, 0) is 0 Å². The van der Waals surface area contributed by atoms with Gasteiger partial charge in [-0.3, -0.25) is 4.79 Å². The van der Waals surface area contributed by atoms with Crippen LogP contribution in [0.25, 0.3) is 0 Å². The molecule has 0 saturated heterocycles. The number of nitrogens with one attached hydrogen (secondary N) is 1. The van der Waals surface area contributed by atoms with E-state index in [2.05, 4.69) is 15.3 Å². The molecule has 0 aliphatic heterocycles. The molecule has 0 saturated carbocycles. The molecule has 2 heterocycles. The molecule has 0 atom stereocenters. The summed E-state index contributed by atoms with van der Waals surface area (Å²) in [5, 5.41) is 5.22. The number of rotatable bonds is 4. The number of hydrogen-bond acceptors (Lipinski definition) is 5. The number of amides is 1. The van der Waals surface area contributed by atoms with Gasteiger partial charge in [0.25, 0.3) is 5.91 Å². The highest BCUT2D eigenvalue weighted by Gasteiger charge is 2.10. The fourth-order valence-corrected chi connectivity index (χ4v) is 1.98. The summed E-state index contributed by atoms with van der Waals surface area (Å²) in [6, 6.07) is 0. The molecular weight excluding hydrogens is 238 g/mol. The van der Waals surface area contributed by atoms with Crippen LogP contribution >= 0.6 is 11.3 Å². The lowest BCUT2D eigenvalue weighted by atomic mass is 10.4. The zero-order valence-electron chi connectivity index (χ0n) is 9.38. The first-order valence-electron chi connectivity index (χ1n) is 5.09. The Kier molecular flexibility index (Phi) is 3.50. The first-order valence-corrected chi connectivity index (χ1v) is 5.97. The number of thiazole rings is 1. The van der Waals surface area contributed by atoms with E-state index in [0.29, 0.717) is 18.8 Å². The molecule has 0 spiro atoms. The monoisotopic (exact) mass is 251 g/mol. The number of carbonyl (C=O) groups is 1. The van der Waals surface area contributed by atoms with E-state index in [4.69, 9.17) is 5.73 Å². The summed E-state index contributed by atoms with van der Waals surface area (Å²) in [5.41, 5.74) is 5.84. The van der Waals surface area contributed by atoms with Gasteiger partial charge in [0.1, 0.15) is 16.5 Å². The van der Waals surface area contributed by atoms with E-state index >= 15 is 0 Å². The van der Waals surface area contributed by atoms with Crippen molar-refractivity contribution in [3.8, 4) is 0 Å². The average Bonchev–Trinajstić information content (AvgIpc) is 2.94. The van der Waals surface area contributed by atoms with E-state index < -0.39 is 0 Å². The normalized spacial score (nSPS) is 10.5. The molecule has 0 radical (unpaired) electrons. The second-order valence-electron chi connectivity index (χ2n) is 3.47. The first kappa shape index (κ1) is 11.7. The molecule has 0 aromatic carbocycles. The minimum absolute atomic E-state index is 0.205. The number of aromatic nitrogens is 3. The van der Waals surface area contributed by atoms with E-state index in [1.807, 2.05) is 17.8 Å². The summed E-state index contributed by atoms with van der Waals surface area (Å²) in [6.45, 7) is 0.745. The predicted molar refractivity (Wildman–Crippen MR) is 64.4 cm³/mol. The molecule has 2 aromatic heterocycles. The van der Waals surface area contributed by atoms with E-state index in [9.17, 15) is 4.79 Å². The Bertz CT molecular complexity index is 518. The van der Waals surface area contributed by atoms with Crippen molar-refractivity contribution in [1.82, 2.24) is 19.9 Å². The number of carbonyl (C=O) groups excluding carboxylic acids is 1. The van der Waals surface area contributed by atoms with Crippen LogP contribution in [0.5, 0.6) is 0 Å². The summed E-state index contributed by atoms with van der Waals surface area (Å²) in [7, 11) is 1.88. The van der Waals surface area contributed by atoms with Gasteiger partial charge in [0, 0.05) is 31.4 Å². The number of aryl methyl sites for hydroxylation is 1. The van der Waals surface area contributed by atoms with Crippen LogP contribution in [0.3, 0.4) is 0 Å². The molecule has 0 aliphatic rings. The zero-order valence-corrected chi connectivity index (χ0v) is 10.2. The van der Waals surface area contributed by atoms with E-state index in [-0.39, 0.29) is 5.91 Å². The number of imidazole rings is 1. The fourth-order valence-electron chi connectivity index (χ4n) is 1.33. The Balaban J connectivity index is 1.95. The van der Waals surface area contributed by atoms with Crippen molar-refractivity contribution >= 4 is 17.2 Å². The lowest BCUT2D eigenvalue weighted by Gasteiger charge is -2.03. The molecule has 1 amide bonds. The van der Waals surface area contributed by atoms with Crippen molar-refractivity contribution in [1.29, 1.82) is 0 Å². The Hall–Kier alpha value is -1.73. The largest absolute Gasteiger partial charge is 0.343 e. The van der Waals surface area contributed by atoms with Crippen molar-refractivity contribution in [2.24, 2.45) is 12.8 Å². The second-order valence-corrected chi connectivity index (χ2v) is 4.41. The Morgan fingerprint density at radius 1 is 1.65 bits per heavy atom. The quantitative estimate of drug-likeness (QED) is 0.816. The summed E-state index contributed by atoms with van der Waals surface area (Å²) in [5.74, 6) is 0.594. The van der Waals surface area contributed by atoms with Crippen molar-refractivity contribution in [3.63, 3.8) is 0 Å². The molecule has 90 valence electrons. The molecule has 2 aromatic rings. The SMILES string of the molecule is Cn1ccnc1CNC(=O)c1csc(CN)n1. The lowest BCUT2D eigenvalue weighted by molar-refractivity contribution is 0.0945. The third-order valence-corrected chi connectivity index (χ3v) is 3.16. The molecule has 0 fully saturated rings. The minimum Gasteiger partial charge on any atom is -0.343 e. The standard InChI is InChI=1S/C10H13N5OS/c1-15-3-2-12-8(15)5-13-10(16)7-6-17-9(4-11)14-7/h2-3,6H,4-5,11H2,1H3,(H,13,16). The minimum atomic E-state index is -0.205. The van der Waals surface area contributed by atoms with Crippen LogP contribution in [-0.2, 0) is 20.1 Å². The second kappa shape index (κ2) is 5.07. The molecule has 0 bridgehead atoms. The van der Waals surface area contributed by atoms with Gasteiger partial charge in [0.05, 0.1) is 6.54 Å². The molecule has 7 heteroatoms. The van der Waals surface area contributed by atoms with E-state index in [0.717, 1.165) is 10.8 Å². The van der Waals surface area contributed by atoms with Gasteiger partial charge in [0.2, 0.25) is 0 Å². The van der Waals surface area contributed by atoms with Gasteiger partial charge >= 0.3 is 0 Å². The Labute approximate surface area is 102 Å². The third-order valence-electron chi connectivity index (χ3n) is 2.29. The molecule has 17 heavy (non-hydrogen) atoms. The third kappa shape index (κ3) is 2.69. The maximum atomic E-state index is 11.7. The topological polar surface area (TPSA) is 85.8 Å². The number of nitrogens with zero attached hydrogens (tertiary/aromatic N) is 3. The van der Waals surface area contributed by atoms with Crippen molar-refractivity contribution in [3.05, 3.63) is 34.3 Å². The van der Waals surface area contributed by atoms with Crippen LogP contribution < -0.4 is 11.1 Å². The van der Waals surface area contributed by atoms with Crippen LogP contribution in [-0.4, -0.2) is 20.4 Å². The highest BCUT2D eigenvalue weighted by molar-refractivity contribution is 7.09. The lowest BCUT2D eigenvalue weighted by Crippen LogP contribution is -2.24. The van der Waals surface area contributed by atoms with Crippen LogP contribution in [0.2, 0.25) is 0 Å². The van der Waals surface area contributed by atoms with E-state index in [1.54, 1.807) is 11.6 Å². The molecule has 6 nitrogen and oxygen atoms in total. The summed E-state index contributed by atoms with van der Waals surface area (Å²) in [6.07, 6.45) is 3.52. The highest BCUT2D eigenvalue weighted by Crippen LogP contribution is 2.08. The molecule has 2 rings (SSSR count). The van der Waals surface area contributed by atoms with Gasteiger partial charge in [-0.2, -0.15) is 0 Å². The Morgan fingerprint density at radius 3 is 3.06 bits per heavy atom. The number of hydrogen-bond donors (Lipinski definition) is 2. The molecule has 3 N–H and O–H groups in total. The van der Waals surface area contributed by atoms with Crippen molar-refractivity contribution in [2.45, 2.75) is 13.1 Å². The Morgan fingerprint density at radius 2 is 2.47 bits per heavy atom. The summed E-state index contributed by atoms with van der Waals surface area (Å²) in [4.78, 5) is 20.0. The van der Waals surface area contributed by atoms with Crippen LogP contribution in [0.4, 0.5) is 0 Å². The molecule has 0 unspecified atom stereocenters. The van der Waals surface area contributed by atoms with Crippen LogP contribution in [0.15, 0.2) is 17.8 Å².